The average molecular weight is 211 g/mol. The topological polar surface area (TPSA) is 29.1 Å². The molecule has 2 nitrogen and oxygen atoms in total. The van der Waals surface area contributed by atoms with Crippen molar-refractivity contribution in [2.24, 2.45) is 5.41 Å². The van der Waals surface area contributed by atoms with Crippen LogP contribution in [0.25, 0.3) is 0 Å². The minimum Gasteiger partial charge on any atom is -0.345 e. The van der Waals surface area contributed by atoms with Crippen LogP contribution in [0.1, 0.15) is 34.1 Å². The van der Waals surface area contributed by atoms with Crippen LogP contribution < -0.4 is 5.32 Å². The number of alkyl halides is 3. The lowest BCUT2D eigenvalue weighted by Gasteiger charge is -2.30. The van der Waals surface area contributed by atoms with Crippen molar-refractivity contribution in [2.45, 2.75) is 46.3 Å². The molecule has 0 aromatic heterocycles. The van der Waals surface area contributed by atoms with E-state index in [1.807, 2.05) is 5.32 Å². The third-order valence-electron chi connectivity index (χ3n) is 2.02. The Balaban J connectivity index is 4.43. The number of carbonyl (C=O) groups excluding carboxylic acids is 1. The SMILES string of the molecule is CCC(NC(=O)C(F)(F)F)C(C)(C)C. The quantitative estimate of drug-likeness (QED) is 0.747. The number of amides is 1. The van der Waals surface area contributed by atoms with Crippen LogP contribution in [0.4, 0.5) is 13.2 Å². The van der Waals surface area contributed by atoms with Crippen molar-refractivity contribution >= 4 is 5.91 Å². The highest BCUT2D eigenvalue weighted by molar-refractivity contribution is 5.82. The van der Waals surface area contributed by atoms with E-state index in [0.29, 0.717) is 6.42 Å². The average Bonchev–Trinajstić information content (AvgIpc) is 1.95. The molecule has 0 aromatic carbocycles. The van der Waals surface area contributed by atoms with E-state index in [2.05, 4.69) is 0 Å². The highest BCUT2D eigenvalue weighted by Crippen LogP contribution is 2.23. The second-order valence-electron chi connectivity index (χ2n) is 4.30. The van der Waals surface area contributed by atoms with Gasteiger partial charge >= 0.3 is 12.1 Å². The van der Waals surface area contributed by atoms with Crippen molar-refractivity contribution in [3.8, 4) is 0 Å². The summed E-state index contributed by atoms with van der Waals surface area (Å²) in [6.45, 7) is 7.11. The van der Waals surface area contributed by atoms with Gasteiger partial charge in [-0.3, -0.25) is 4.79 Å². The highest BCUT2D eigenvalue weighted by atomic mass is 19.4. The Morgan fingerprint density at radius 3 is 1.93 bits per heavy atom. The van der Waals surface area contributed by atoms with Gasteiger partial charge in [0.15, 0.2) is 0 Å². The lowest BCUT2D eigenvalue weighted by molar-refractivity contribution is -0.175. The molecular formula is C9H16F3NO. The molecule has 1 unspecified atom stereocenters. The van der Waals surface area contributed by atoms with Crippen molar-refractivity contribution in [1.82, 2.24) is 5.32 Å². The summed E-state index contributed by atoms with van der Waals surface area (Å²) in [4.78, 5) is 10.6. The van der Waals surface area contributed by atoms with Gasteiger partial charge in [0.25, 0.3) is 0 Å². The lowest BCUT2D eigenvalue weighted by atomic mass is 9.85. The molecule has 0 saturated heterocycles. The van der Waals surface area contributed by atoms with Crippen LogP contribution in [0.2, 0.25) is 0 Å². The zero-order valence-corrected chi connectivity index (χ0v) is 8.83. The first-order valence-electron chi connectivity index (χ1n) is 4.46. The Bertz CT molecular complexity index is 205. The van der Waals surface area contributed by atoms with Crippen molar-refractivity contribution < 1.29 is 18.0 Å². The molecule has 0 fully saturated rings. The third kappa shape index (κ3) is 3.98. The van der Waals surface area contributed by atoms with Gasteiger partial charge in [-0.1, -0.05) is 27.7 Å². The van der Waals surface area contributed by atoms with Crippen LogP contribution in [-0.4, -0.2) is 18.1 Å². The lowest BCUT2D eigenvalue weighted by Crippen LogP contribution is -2.48. The molecule has 0 rings (SSSR count). The van der Waals surface area contributed by atoms with Crippen molar-refractivity contribution in [3.63, 3.8) is 0 Å². The molecule has 1 atom stereocenters. The number of carbonyl (C=O) groups is 1. The van der Waals surface area contributed by atoms with Gasteiger partial charge in [0.2, 0.25) is 0 Å². The molecule has 0 spiro atoms. The van der Waals surface area contributed by atoms with E-state index in [1.165, 1.54) is 0 Å². The van der Waals surface area contributed by atoms with Gasteiger partial charge in [0.1, 0.15) is 0 Å². The van der Waals surface area contributed by atoms with E-state index in [9.17, 15) is 18.0 Å². The Hall–Kier alpha value is -0.740. The summed E-state index contributed by atoms with van der Waals surface area (Å²) in [6, 6.07) is -0.461. The summed E-state index contributed by atoms with van der Waals surface area (Å²) in [5, 5.41) is 1.98. The molecule has 0 aliphatic heterocycles. The van der Waals surface area contributed by atoms with Gasteiger partial charge in [-0.15, -0.1) is 0 Å². The first kappa shape index (κ1) is 13.3. The van der Waals surface area contributed by atoms with E-state index in [1.54, 1.807) is 27.7 Å². The van der Waals surface area contributed by atoms with Gasteiger partial charge in [-0.2, -0.15) is 13.2 Å². The number of hydrogen-bond donors (Lipinski definition) is 1. The van der Waals surface area contributed by atoms with Gasteiger partial charge in [0.05, 0.1) is 0 Å². The number of halogens is 3. The minimum absolute atomic E-state index is 0.365. The highest BCUT2D eigenvalue weighted by Gasteiger charge is 2.40. The fourth-order valence-electron chi connectivity index (χ4n) is 1.17. The molecule has 0 aliphatic rings. The smallest absolute Gasteiger partial charge is 0.345 e. The summed E-state index contributed by atoms with van der Waals surface area (Å²) in [5.41, 5.74) is -0.365. The van der Waals surface area contributed by atoms with Gasteiger partial charge in [-0.05, 0) is 11.8 Å². The molecule has 0 radical (unpaired) electrons. The van der Waals surface area contributed by atoms with Crippen molar-refractivity contribution in [1.29, 1.82) is 0 Å². The van der Waals surface area contributed by atoms with Crippen LogP contribution in [-0.2, 0) is 4.79 Å². The molecule has 0 saturated carbocycles. The second kappa shape index (κ2) is 4.19. The van der Waals surface area contributed by atoms with Crippen LogP contribution in [0.5, 0.6) is 0 Å². The summed E-state index contributed by atoms with van der Waals surface area (Å²) in [5.74, 6) is -1.86. The number of hydrogen-bond acceptors (Lipinski definition) is 1. The predicted octanol–water partition coefficient (Wildman–Crippen LogP) is 2.49. The monoisotopic (exact) mass is 211 g/mol. The zero-order chi connectivity index (χ0) is 11.6. The number of rotatable bonds is 2. The standard InChI is InChI=1S/C9H16F3NO/c1-5-6(8(2,3)4)13-7(14)9(10,11)12/h6H,5H2,1-4H3,(H,13,14). The Morgan fingerprint density at radius 2 is 1.71 bits per heavy atom. The Labute approximate surface area is 81.9 Å². The fraction of sp³-hybridized carbons (Fsp3) is 0.889. The summed E-state index contributed by atoms with van der Waals surface area (Å²) >= 11 is 0. The molecule has 0 heterocycles. The predicted molar refractivity (Wildman–Crippen MR) is 47.7 cm³/mol. The van der Waals surface area contributed by atoms with Crippen LogP contribution in [0, 0.1) is 5.41 Å². The molecule has 1 N–H and O–H groups in total. The van der Waals surface area contributed by atoms with E-state index in [0.717, 1.165) is 0 Å². The van der Waals surface area contributed by atoms with E-state index in [-0.39, 0.29) is 5.41 Å². The summed E-state index contributed by atoms with van der Waals surface area (Å²) in [7, 11) is 0. The van der Waals surface area contributed by atoms with Gasteiger partial charge in [-0.25, -0.2) is 0 Å². The molecule has 0 aromatic rings. The summed E-state index contributed by atoms with van der Waals surface area (Å²) in [6.07, 6.45) is -4.32. The first-order chi connectivity index (χ1) is 6.09. The third-order valence-corrected chi connectivity index (χ3v) is 2.02. The van der Waals surface area contributed by atoms with Gasteiger partial charge < -0.3 is 5.32 Å². The van der Waals surface area contributed by atoms with Crippen LogP contribution in [0.3, 0.4) is 0 Å². The molecule has 5 heteroatoms. The maximum atomic E-state index is 11.9. The molecule has 0 aliphatic carbocycles. The normalized spacial score (nSPS) is 15.1. The Morgan fingerprint density at radius 1 is 1.29 bits per heavy atom. The maximum Gasteiger partial charge on any atom is 0.471 e. The maximum absolute atomic E-state index is 11.9. The number of nitrogens with one attached hydrogen (secondary N) is 1. The van der Waals surface area contributed by atoms with Crippen molar-refractivity contribution in [2.75, 3.05) is 0 Å². The first-order valence-corrected chi connectivity index (χ1v) is 4.46. The largest absolute Gasteiger partial charge is 0.471 e. The van der Waals surface area contributed by atoms with Crippen LogP contribution in [0.15, 0.2) is 0 Å². The minimum atomic E-state index is -4.79. The molecule has 84 valence electrons. The second-order valence-corrected chi connectivity index (χ2v) is 4.30. The zero-order valence-electron chi connectivity index (χ0n) is 8.83. The fourth-order valence-corrected chi connectivity index (χ4v) is 1.17. The Kier molecular flexibility index (Phi) is 3.97. The molecule has 0 bridgehead atoms. The molecule has 1 amide bonds. The van der Waals surface area contributed by atoms with E-state index in [4.69, 9.17) is 0 Å². The summed E-state index contributed by atoms with van der Waals surface area (Å²) < 4.78 is 35.8. The molecular weight excluding hydrogens is 195 g/mol. The van der Waals surface area contributed by atoms with Crippen LogP contribution >= 0.6 is 0 Å². The molecule has 14 heavy (non-hydrogen) atoms. The van der Waals surface area contributed by atoms with E-state index < -0.39 is 18.1 Å². The van der Waals surface area contributed by atoms with Crippen molar-refractivity contribution in [3.05, 3.63) is 0 Å². The van der Waals surface area contributed by atoms with Gasteiger partial charge in [0, 0.05) is 6.04 Å². The van der Waals surface area contributed by atoms with E-state index >= 15 is 0 Å².